The van der Waals surface area contributed by atoms with Crippen LogP contribution in [0, 0.1) is 0 Å². The highest BCUT2D eigenvalue weighted by Gasteiger charge is 1.88. The van der Waals surface area contributed by atoms with Gasteiger partial charge in [0, 0.05) is 11.5 Å². The molecule has 4 heteroatoms. The quantitative estimate of drug-likeness (QED) is 0.230. The maximum absolute atomic E-state index is 8.01. The first-order valence-corrected chi connectivity index (χ1v) is 4.71. The van der Waals surface area contributed by atoms with Gasteiger partial charge in [0.15, 0.2) is 0 Å². The third kappa shape index (κ3) is 5.52. The van der Waals surface area contributed by atoms with E-state index in [1.165, 1.54) is 0 Å². The van der Waals surface area contributed by atoms with E-state index in [1.807, 2.05) is 36.4 Å². The molecule has 0 spiro atoms. The SMILES string of the molecule is [N-]=[N+]=NC/C=C/COCc1ccccc1. The van der Waals surface area contributed by atoms with Crippen LogP contribution in [-0.2, 0) is 11.3 Å². The van der Waals surface area contributed by atoms with Gasteiger partial charge in [-0.2, -0.15) is 0 Å². The van der Waals surface area contributed by atoms with E-state index in [4.69, 9.17) is 10.3 Å². The zero-order valence-corrected chi connectivity index (χ0v) is 8.41. The molecule has 0 fully saturated rings. The lowest BCUT2D eigenvalue weighted by Gasteiger charge is -2.00. The maximum atomic E-state index is 8.01. The molecule has 0 atom stereocenters. The lowest BCUT2D eigenvalue weighted by Crippen LogP contribution is -1.92. The summed E-state index contributed by atoms with van der Waals surface area (Å²) in [5.41, 5.74) is 9.16. The molecule has 0 aliphatic heterocycles. The van der Waals surface area contributed by atoms with E-state index in [2.05, 4.69) is 10.0 Å². The van der Waals surface area contributed by atoms with Crippen molar-refractivity contribution >= 4 is 0 Å². The van der Waals surface area contributed by atoms with E-state index in [1.54, 1.807) is 6.08 Å². The van der Waals surface area contributed by atoms with Crippen LogP contribution >= 0.6 is 0 Å². The Hall–Kier alpha value is -1.77. The van der Waals surface area contributed by atoms with Gasteiger partial charge in [0.1, 0.15) is 0 Å². The van der Waals surface area contributed by atoms with Gasteiger partial charge in [-0.25, -0.2) is 0 Å². The second-order valence-corrected chi connectivity index (χ2v) is 2.89. The van der Waals surface area contributed by atoms with E-state index in [-0.39, 0.29) is 0 Å². The largest absolute Gasteiger partial charge is 0.373 e. The molecule has 0 radical (unpaired) electrons. The van der Waals surface area contributed by atoms with Crippen LogP contribution in [0.4, 0.5) is 0 Å². The number of benzene rings is 1. The Morgan fingerprint density at radius 3 is 2.80 bits per heavy atom. The number of azide groups is 1. The predicted octanol–water partition coefficient (Wildman–Crippen LogP) is 3.07. The minimum Gasteiger partial charge on any atom is -0.373 e. The molecule has 1 aromatic carbocycles. The molecule has 1 rings (SSSR count). The van der Waals surface area contributed by atoms with Gasteiger partial charge in [-0.05, 0) is 11.1 Å². The highest BCUT2D eigenvalue weighted by Crippen LogP contribution is 1.99. The van der Waals surface area contributed by atoms with E-state index in [0.717, 1.165) is 5.56 Å². The van der Waals surface area contributed by atoms with Gasteiger partial charge in [0.25, 0.3) is 0 Å². The van der Waals surface area contributed by atoms with E-state index < -0.39 is 0 Å². The van der Waals surface area contributed by atoms with Gasteiger partial charge in [0.2, 0.25) is 0 Å². The van der Waals surface area contributed by atoms with E-state index in [9.17, 15) is 0 Å². The highest BCUT2D eigenvalue weighted by atomic mass is 16.5. The van der Waals surface area contributed by atoms with Crippen LogP contribution in [0.5, 0.6) is 0 Å². The average Bonchev–Trinajstić information content (AvgIpc) is 2.29. The normalized spacial score (nSPS) is 10.1. The lowest BCUT2D eigenvalue weighted by atomic mass is 10.2. The molecule has 78 valence electrons. The van der Waals surface area contributed by atoms with Crippen LogP contribution in [-0.4, -0.2) is 13.2 Å². The first-order chi connectivity index (χ1) is 7.43. The van der Waals surface area contributed by atoms with Crippen molar-refractivity contribution in [2.24, 2.45) is 5.11 Å². The summed E-state index contributed by atoms with van der Waals surface area (Å²) < 4.78 is 5.38. The summed E-state index contributed by atoms with van der Waals surface area (Å²) in [5.74, 6) is 0. The lowest BCUT2D eigenvalue weighted by molar-refractivity contribution is 0.148. The van der Waals surface area contributed by atoms with Gasteiger partial charge < -0.3 is 4.74 Å². The van der Waals surface area contributed by atoms with Crippen molar-refractivity contribution < 1.29 is 4.74 Å². The molecule has 0 heterocycles. The third-order valence-corrected chi connectivity index (χ3v) is 1.74. The Morgan fingerprint density at radius 1 is 1.27 bits per heavy atom. The smallest absolute Gasteiger partial charge is 0.0721 e. The van der Waals surface area contributed by atoms with Crippen molar-refractivity contribution in [2.45, 2.75) is 6.61 Å². The molecule has 15 heavy (non-hydrogen) atoms. The molecule has 0 N–H and O–H groups in total. The van der Waals surface area contributed by atoms with Crippen LogP contribution in [0.15, 0.2) is 47.6 Å². The summed E-state index contributed by atoms with van der Waals surface area (Å²) in [5, 5.41) is 3.37. The van der Waals surface area contributed by atoms with Gasteiger partial charge in [0.05, 0.1) is 13.2 Å². The van der Waals surface area contributed by atoms with E-state index >= 15 is 0 Å². The Morgan fingerprint density at radius 2 is 2.07 bits per heavy atom. The van der Waals surface area contributed by atoms with Crippen molar-refractivity contribution in [1.82, 2.24) is 0 Å². The predicted molar refractivity (Wildman–Crippen MR) is 59.3 cm³/mol. The van der Waals surface area contributed by atoms with Crippen molar-refractivity contribution in [2.75, 3.05) is 13.2 Å². The summed E-state index contributed by atoms with van der Waals surface area (Å²) >= 11 is 0. The Bertz CT molecular complexity index is 342. The monoisotopic (exact) mass is 203 g/mol. The van der Waals surface area contributed by atoms with Gasteiger partial charge >= 0.3 is 0 Å². The Labute approximate surface area is 88.8 Å². The molecule has 0 saturated heterocycles. The number of ether oxygens (including phenoxy) is 1. The summed E-state index contributed by atoms with van der Waals surface area (Å²) in [6.07, 6.45) is 3.63. The standard InChI is InChI=1S/C11H13N3O/c12-14-13-8-4-5-9-15-10-11-6-2-1-3-7-11/h1-7H,8-10H2/b5-4+. The third-order valence-electron chi connectivity index (χ3n) is 1.74. The zero-order valence-electron chi connectivity index (χ0n) is 8.41. The van der Waals surface area contributed by atoms with Gasteiger partial charge in [-0.1, -0.05) is 47.6 Å². The number of hydrogen-bond donors (Lipinski definition) is 0. The second-order valence-electron chi connectivity index (χ2n) is 2.89. The fourth-order valence-electron chi connectivity index (χ4n) is 1.05. The number of nitrogens with zero attached hydrogens (tertiary/aromatic N) is 3. The summed E-state index contributed by atoms with van der Waals surface area (Å²) in [6, 6.07) is 9.98. The summed E-state index contributed by atoms with van der Waals surface area (Å²) in [4.78, 5) is 2.63. The summed E-state index contributed by atoms with van der Waals surface area (Å²) in [7, 11) is 0. The van der Waals surface area contributed by atoms with Crippen LogP contribution in [0.2, 0.25) is 0 Å². The summed E-state index contributed by atoms with van der Waals surface area (Å²) in [6.45, 7) is 1.52. The highest BCUT2D eigenvalue weighted by molar-refractivity contribution is 5.13. The zero-order chi connectivity index (χ0) is 10.8. The minimum atomic E-state index is 0.380. The van der Waals surface area contributed by atoms with Crippen LogP contribution in [0.25, 0.3) is 10.4 Å². The van der Waals surface area contributed by atoms with Crippen LogP contribution in [0.3, 0.4) is 0 Å². The number of hydrogen-bond acceptors (Lipinski definition) is 2. The van der Waals surface area contributed by atoms with Crippen molar-refractivity contribution in [3.63, 3.8) is 0 Å². The molecule has 0 saturated carbocycles. The molecule has 0 bridgehead atoms. The number of rotatable bonds is 6. The molecule has 1 aromatic rings. The topological polar surface area (TPSA) is 58.0 Å². The maximum Gasteiger partial charge on any atom is 0.0721 e. The molecular weight excluding hydrogens is 190 g/mol. The van der Waals surface area contributed by atoms with Gasteiger partial charge in [-0.15, -0.1) is 0 Å². The molecule has 0 aromatic heterocycles. The minimum absolute atomic E-state index is 0.380. The second kappa shape index (κ2) is 7.62. The van der Waals surface area contributed by atoms with Crippen LogP contribution < -0.4 is 0 Å². The molecule has 0 aliphatic rings. The Kier molecular flexibility index (Phi) is 5.74. The fourth-order valence-corrected chi connectivity index (χ4v) is 1.05. The average molecular weight is 203 g/mol. The molecule has 4 nitrogen and oxygen atoms in total. The fraction of sp³-hybridized carbons (Fsp3) is 0.273. The Balaban J connectivity index is 2.12. The molecular formula is C11H13N3O. The van der Waals surface area contributed by atoms with E-state index in [0.29, 0.717) is 19.8 Å². The molecule has 0 unspecified atom stereocenters. The van der Waals surface area contributed by atoms with Crippen molar-refractivity contribution in [3.8, 4) is 0 Å². The molecule has 0 amide bonds. The van der Waals surface area contributed by atoms with Crippen LogP contribution in [0.1, 0.15) is 5.56 Å². The first kappa shape index (κ1) is 11.3. The van der Waals surface area contributed by atoms with Crippen molar-refractivity contribution in [3.05, 3.63) is 58.5 Å². The molecule has 0 aliphatic carbocycles. The first-order valence-electron chi connectivity index (χ1n) is 4.71. The van der Waals surface area contributed by atoms with Gasteiger partial charge in [-0.3, -0.25) is 0 Å². The van der Waals surface area contributed by atoms with Crippen molar-refractivity contribution in [1.29, 1.82) is 0 Å².